The first kappa shape index (κ1) is 23.9. The Kier molecular flexibility index (Phi) is 5.98. The highest BCUT2D eigenvalue weighted by Gasteiger charge is 2.39. The molecule has 10 heteroatoms. The molecular formula is C26H20F3N5OS. The van der Waals surface area contributed by atoms with E-state index in [4.69, 9.17) is 0 Å². The largest absolute Gasteiger partial charge is 0.416 e. The molecule has 0 bridgehead atoms. The Morgan fingerprint density at radius 2 is 1.94 bits per heavy atom. The molecule has 1 atom stereocenters. The highest BCUT2D eigenvalue weighted by molar-refractivity contribution is 7.15. The number of fused-ring (bicyclic) bond motifs is 1. The Balaban J connectivity index is 1.46. The first-order chi connectivity index (χ1) is 17.2. The number of anilines is 2. The molecule has 0 spiro atoms. The molecule has 1 aliphatic carbocycles. The van der Waals surface area contributed by atoms with Gasteiger partial charge in [0.2, 0.25) is 0 Å². The maximum Gasteiger partial charge on any atom is 0.416 e. The minimum atomic E-state index is -4.47. The predicted octanol–water partition coefficient (Wildman–Crippen LogP) is 6.11. The maximum absolute atomic E-state index is 13.1. The number of nitrogens with zero attached hydrogens (tertiary/aromatic N) is 4. The Hall–Kier alpha value is -3.81. The molecule has 1 aromatic carbocycles. The lowest BCUT2D eigenvalue weighted by atomic mass is 9.79. The molecule has 0 saturated heterocycles. The summed E-state index contributed by atoms with van der Waals surface area (Å²) in [4.78, 5) is 13.8. The van der Waals surface area contributed by atoms with E-state index in [1.165, 1.54) is 11.3 Å². The van der Waals surface area contributed by atoms with Gasteiger partial charge in [0.05, 0.1) is 27.8 Å². The average molecular weight is 508 g/mol. The van der Waals surface area contributed by atoms with Crippen LogP contribution in [-0.4, -0.2) is 20.1 Å². The topological polar surface area (TPSA) is 94.7 Å². The first-order valence-electron chi connectivity index (χ1n) is 11.2. The lowest BCUT2D eigenvalue weighted by Crippen LogP contribution is -2.31. The number of hydrogen-bond acceptors (Lipinski definition) is 7. The van der Waals surface area contributed by atoms with Crippen molar-refractivity contribution < 1.29 is 18.3 Å². The molecule has 182 valence electrons. The van der Waals surface area contributed by atoms with Gasteiger partial charge in [-0.05, 0) is 79.3 Å². The van der Waals surface area contributed by atoms with E-state index in [1.54, 1.807) is 24.4 Å². The average Bonchev–Trinajstić information content (AvgIpc) is 3.35. The van der Waals surface area contributed by atoms with Crippen LogP contribution in [0.1, 0.15) is 45.7 Å². The van der Waals surface area contributed by atoms with Gasteiger partial charge in [-0.3, -0.25) is 0 Å². The number of nitriles is 1. The molecule has 0 amide bonds. The van der Waals surface area contributed by atoms with Gasteiger partial charge in [-0.1, -0.05) is 6.07 Å². The van der Waals surface area contributed by atoms with Gasteiger partial charge in [0.25, 0.3) is 0 Å². The van der Waals surface area contributed by atoms with E-state index < -0.39 is 17.3 Å². The van der Waals surface area contributed by atoms with Crippen LogP contribution < -0.4 is 5.32 Å². The molecular weight excluding hydrogens is 487 g/mol. The minimum Gasteiger partial charge on any atom is -0.378 e. The fourth-order valence-electron chi connectivity index (χ4n) is 4.41. The number of pyridine rings is 2. The maximum atomic E-state index is 13.1. The smallest absolute Gasteiger partial charge is 0.378 e. The van der Waals surface area contributed by atoms with Crippen molar-refractivity contribution in [1.82, 2.24) is 15.0 Å². The number of rotatable bonds is 4. The van der Waals surface area contributed by atoms with Gasteiger partial charge < -0.3 is 10.4 Å². The van der Waals surface area contributed by atoms with Crippen molar-refractivity contribution in [3.8, 4) is 16.6 Å². The van der Waals surface area contributed by atoms with Crippen molar-refractivity contribution in [2.45, 2.75) is 38.0 Å². The predicted molar refractivity (Wildman–Crippen MR) is 130 cm³/mol. The van der Waals surface area contributed by atoms with Gasteiger partial charge in [-0.15, -0.1) is 11.3 Å². The summed E-state index contributed by atoms with van der Waals surface area (Å²) in [6, 6.07) is 12.9. The molecule has 0 fully saturated rings. The van der Waals surface area contributed by atoms with Crippen molar-refractivity contribution in [2.75, 3.05) is 5.32 Å². The minimum absolute atomic E-state index is 0.0312. The van der Waals surface area contributed by atoms with Crippen LogP contribution in [0.5, 0.6) is 0 Å². The van der Waals surface area contributed by atoms with Crippen molar-refractivity contribution in [3.05, 3.63) is 87.7 Å². The quantitative estimate of drug-likeness (QED) is 0.346. The van der Waals surface area contributed by atoms with E-state index in [0.717, 1.165) is 47.9 Å². The van der Waals surface area contributed by atoms with Crippen molar-refractivity contribution >= 4 is 23.0 Å². The van der Waals surface area contributed by atoms with E-state index in [-0.39, 0.29) is 5.82 Å². The number of aryl methyl sites for hydroxylation is 2. The van der Waals surface area contributed by atoms with E-state index in [9.17, 15) is 23.5 Å². The van der Waals surface area contributed by atoms with Crippen molar-refractivity contribution in [1.29, 1.82) is 5.26 Å². The highest BCUT2D eigenvalue weighted by Crippen LogP contribution is 2.43. The van der Waals surface area contributed by atoms with E-state index in [2.05, 4.69) is 26.3 Å². The Bertz CT molecular complexity index is 1490. The Labute approximate surface area is 209 Å². The third-order valence-corrected chi connectivity index (χ3v) is 7.26. The summed E-state index contributed by atoms with van der Waals surface area (Å²) in [7, 11) is 0. The Morgan fingerprint density at radius 3 is 2.72 bits per heavy atom. The second-order valence-electron chi connectivity index (χ2n) is 8.69. The zero-order chi connectivity index (χ0) is 25.5. The summed E-state index contributed by atoms with van der Waals surface area (Å²) in [5.41, 5.74) is 1.59. The van der Waals surface area contributed by atoms with Gasteiger partial charge in [0.1, 0.15) is 22.2 Å². The van der Waals surface area contributed by atoms with Gasteiger partial charge in [-0.25, -0.2) is 15.0 Å². The number of hydrogen-bond donors (Lipinski definition) is 2. The van der Waals surface area contributed by atoms with Gasteiger partial charge in [0.15, 0.2) is 0 Å². The van der Waals surface area contributed by atoms with E-state index in [0.29, 0.717) is 33.4 Å². The summed E-state index contributed by atoms with van der Waals surface area (Å²) in [6.07, 6.45) is 0.312. The SMILES string of the molecule is Cc1cc(Nc2cc(C(F)(F)F)ccn2)nc(-c2cnc([C@@]3(O)CCCc4cc(C#N)ccc43)s2)c1. The molecule has 2 N–H and O–H groups in total. The van der Waals surface area contributed by atoms with Crippen LogP contribution in [0.15, 0.2) is 54.9 Å². The molecule has 6 nitrogen and oxygen atoms in total. The summed E-state index contributed by atoms with van der Waals surface area (Å²) in [5.74, 6) is 0.376. The number of alkyl halides is 3. The number of aliphatic hydroxyl groups is 1. The van der Waals surface area contributed by atoms with Crippen LogP contribution in [0, 0.1) is 18.3 Å². The molecule has 5 rings (SSSR count). The second kappa shape index (κ2) is 9.00. The lowest BCUT2D eigenvalue weighted by molar-refractivity contribution is -0.137. The number of thiazole rings is 1. The molecule has 3 heterocycles. The van der Waals surface area contributed by atoms with Crippen molar-refractivity contribution in [2.24, 2.45) is 0 Å². The zero-order valence-corrected chi connectivity index (χ0v) is 19.9. The highest BCUT2D eigenvalue weighted by atomic mass is 32.1. The number of aromatic nitrogens is 3. The van der Waals surface area contributed by atoms with E-state index >= 15 is 0 Å². The Morgan fingerprint density at radius 1 is 1.11 bits per heavy atom. The van der Waals surface area contributed by atoms with Gasteiger partial charge >= 0.3 is 6.18 Å². The normalized spacial score (nSPS) is 17.3. The molecule has 0 radical (unpaired) electrons. The van der Waals surface area contributed by atoms with Crippen LogP contribution in [0.25, 0.3) is 10.6 Å². The number of benzene rings is 1. The number of nitrogens with one attached hydrogen (secondary N) is 1. The number of halogens is 3. The zero-order valence-electron chi connectivity index (χ0n) is 19.1. The third kappa shape index (κ3) is 4.55. The lowest BCUT2D eigenvalue weighted by Gasteiger charge is -2.32. The molecule has 1 aliphatic rings. The summed E-state index contributed by atoms with van der Waals surface area (Å²) in [6.45, 7) is 1.86. The molecule has 3 aromatic heterocycles. The van der Waals surface area contributed by atoms with Crippen LogP contribution in [0.4, 0.5) is 24.8 Å². The van der Waals surface area contributed by atoms with Gasteiger partial charge in [-0.2, -0.15) is 18.4 Å². The summed E-state index contributed by atoms with van der Waals surface area (Å²) < 4.78 is 39.2. The third-order valence-electron chi connectivity index (χ3n) is 6.09. The van der Waals surface area contributed by atoms with Crippen LogP contribution >= 0.6 is 11.3 Å². The monoisotopic (exact) mass is 507 g/mol. The van der Waals surface area contributed by atoms with Crippen molar-refractivity contribution in [3.63, 3.8) is 0 Å². The van der Waals surface area contributed by atoms with Crippen LogP contribution in [0.3, 0.4) is 0 Å². The summed E-state index contributed by atoms with van der Waals surface area (Å²) in [5, 5.41) is 24.2. The summed E-state index contributed by atoms with van der Waals surface area (Å²) >= 11 is 1.31. The molecule has 4 aromatic rings. The van der Waals surface area contributed by atoms with Gasteiger partial charge in [0, 0.05) is 12.4 Å². The first-order valence-corrected chi connectivity index (χ1v) is 12.0. The van der Waals surface area contributed by atoms with E-state index in [1.807, 2.05) is 19.1 Å². The standard InChI is InChI=1S/C26H20F3N5OS/c1-15-9-20(33-23(10-15)34-22-12-18(6-8-31-22)26(27,28)29)21-14-32-24(36-21)25(35)7-2-3-17-11-16(13-30)4-5-19(17)25/h4-6,8-12,14,35H,2-3,7H2,1H3,(H,31,33,34)/t25-/m1/s1. The fraction of sp³-hybridized carbons (Fsp3) is 0.231. The van der Waals surface area contributed by atoms with Crippen LogP contribution in [0.2, 0.25) is 0 Å². The van der Waals surface area contributed by atoms with Crippen LogP contribution in [-0.2, 0) is 18.2 Å². The molecule has 36 heavy (non-hydrogen) atoms. The molecule has 0 unspecified atom stereocenters. The molecule has 0 aliphatic heterocycles. The second-order valence-corrected chi connectivity index (χ2v) is 9.73. The molecule has 0 saturated carbocycles. The fourth-order valence-corrected chi connectivity index (χ4v) is 5.42.